The fourth-order valence-electron chi connectivity index (χ4n) is 2.79. The standard InChI is InChI=1S/C15H23NO3/c1-4-19-13-11(15(10-16)8-5-9-15)6-7-12(17-2)14(13)18-3/h6-7H,4-5,8-10,16H2,1-3H3. The topological polar surface area (TPSA) is 53.7 Å². The second kappa shape index (κ2) is 5.70. The maximum Gasteiger partial charge on any atom is 0.203 e. The Morgan fingerprint density at radius 1 is 1.16 bits per heavy atom. The van der Waals surface area contributed by atoms with Crippen LogP contribution in [0.4, 0.5) is 0 Å². The average molecular weight is 265 g/mol. The number of benzene rings is 1. The first kappa shape index (κ1) is 14.0. The van der Waals surface area contributed by atoms with E-state index in [0.717, 1.165) is 24.2 Å². The SMILES string of the molecule is CCOc1c(C2(CN)CCC2)ccc(OC)c1OC. The number of methoxy groups -OCH3 is 2. The summed E-state index contributed by atoms with van der Waals surface area (Å²) in [6.45, 7) is 3.21. The summed E-state index contributed by atoms with van der Waals surface area (Å²) in [5, 5.41) is 0. The molecule has 2 N–H and O–H groups in total. The highest BCUT2D eigenvalue weighted by molar-refractivity contribution is 5.58. The van der Waals surface area contributed by atoms with Crippen molar-refractivity contribution in [1.82, 2.24) is 0 Å². The lowest BCUT2D eigenvalue weighted by Crippen LogP contribution is -2.41. The van der Waals surface area contributed by atoms with Crippen LogP contribution in [0.25, 0.3) is 0 Å². The van der Waals surface area contributed by atoms with E-state index in [1.54, 1.807) is 14.2 Å². The molecule has 0 spiro atoms. The van der Waals surface area contributed by atoms with Crippen LogP contribution < -0.4 is 19.9 Å². The largest absolute Gasteiger partial charge is 0.493 e. The van der Waals surface area contributed by atoms with Crippen LogP contribution in [0.3, 0.4) is 0 Å². The Balaban J connectivity index is 2.53. The summed E-state index contributed by atoms with van der Waals surface area (Å²) in [7, 11) is 3.27. The Kier molecular flexibility index (Phi) is 4.20. The van der Waals surface area contributed by atoms with Crippen molar-refractivity contribution in [2.75, 3.05) is 27.4 Å². The summed E-state index contributed by atoms with van der Waals surface area (Å²) in [5.74, 6) is 2.15. The molecule has 0 heterocycles. The summed E-state index contributed by atoms with van der Waals surface area (Å²) in [6, 6.07) is 4.00. The van der Waals surface area contributed by atoms with Crippen molar-refractivity contribution in [1.29, 1.82) is 0 Å². The van der Waals surface area contributed by atoms with E-state index in [2.05, 4.69) is 6.07 Å². The van der Waals surface area contributed by atoms with E-state index in [9.17, 15) is 0 Å². The quantitative estimate of drug-likeness (QED) is 0.858. The Labute approximate surface area is 114 Å². The molecule has 2 rings (SSSR count). The van der Waals surface area contributed by atoms with E-state index >= 15 is 0 Å². The molecule has 1 aliphatic carbocycles. The van der Waals surface area contributed by atoms with Crippen LogP contribution in [0.5, 0.6) is 17.2 Å². The van der Waals surface area contributed by atoms with Crippen LogP contribution in [0.1, 0.15) is 31.7 Å². The van der Waals surface area contributed by atoms with Gasteiger partial charge in [-0.05, 0) is 25.8 Å². The van der Waals surface area contributed by atoms with Gasteiger partial charge in [0, 0.05) is 17.5 Å². The third-order valence-corrected chi connectivity index (χ3v) is 4.06. The Bertz CT molecular complexity index is 436. The average Bonchev–Trinajstić information content (AvgIpc) is 2.39. The van der Waals surface area contributed by atoms with Crippen LogP contribution in [0.2, 0.25) is 0 Å². The minimum Gasteiger partial charge on any atom is -0.493 e. The minimum atomic E-state index is 0.0457. The van der Waals surface area contributed by atoms with E-state index in [1.165, 1.54) is 6.42 Å². The van der Waals surface area contributed by atoms with Crippen molar-refractivity contribution >= 4 is 0 Å². The molecule has 1 aliphatic rings. The van der Waals surface area contributed by atoms with Crippen molar-refractivity contribution in [3.63, 3.8) is 0 Å². The molecule has 0 radical (unpaired) electrons. The van der Waals surface area contributed by atoms with Gasteiger partial charge in [0.05, 0.1) is 20.8 Å². The molecule has 19 heavy (non-hydrogen) atoms. The van der Waals surface area contributed by atoms with Gasteiger partial charge < -0.3 is 19.9 Å². The van der Waals surface area contributed by atoms with Gasteiger partial charge in [0.25, 0.3) is 0 Å². The lowest BCUT2D eigenvalue weighted by atomic mass is 9.64. The van der Waals surface area contributed by atoms with Crippen molar-refractivity contribution < 1.29 is 14.2 Å². The summed E-state index contributed by atoms with van der Waals surface area (Å²) in [5.41, 5.74) is 7.20. The summed E-state index contributed by atoms with van der Waals surface area (Å²) < 4.78 is 16.6. The van der Waals surface area contributed by atoms with Gasteiger partial charge in [-0.25, -0.2) is 0 Å². The van der Waals surface area contributed by atoms with Crippen molar-refractivity contribution in [2.24, 2.45) is 5.73 Å². The zero-order valence-electron chi connectivity index (χ0n) is 12.0. The molecular formula is C15H23NO3. The maximum atomic E-state index is 6.00. The minimum absolute atomic E-state index is 0.0457. The highest BCUT2D eigenvalue weighted by Gasteiger charge is 2.40. The third-order valence-electron chi connectivity index (χ3n) is 4.06. The summed E-state index contributed by atoms with van der Waals surface area (Å²) in [4.78, 5) is 0. The zero-order chi connectivity index (χ0) is 13.9. The van der Waals surface area contributed by atoms with Gasteiger partial charge in [0.15, 0.2) is 11.5 Å². The molecule has 1 aromatic carbocycles. The first-order chi connectivity index (χ1) is 9.22. The summed E-state index contributed by atoms with van der Waals surface area (Å²) in [6.07, 6.45) is 3.44. The van der Waals surface area contributed by atoms with Crippen molar-refractivity contribution in [3.05, 3.63) is 17.7 Å². The van der Waals surface area contributed by atoms with Gasteiger partial charge in [-0.3, -0.25) is 0 Å². The molecule has 0 unspecified atom stereocenters. The molecule has 4 nitrogen and oxygen atoms in total. The van der Waals surface area contributed by atoms with Gasteiger partial charge in [-0.1, -0.05) is 12.5 Å². The molecule has 0 saturated heterocycles. The zero-order valence-corrected chi connectivity index (χ0v) is 12.0. The number of nitrogens with two attached hydrogens (primary N) is 1. The second-order valence-electron chi connectivity index (χ2n) is 4.95. The molecule has 0 atom stereocenters. The van der Waals surface area contributed by atoms with Crippen LogP contribution in [0.15, 0.2) is 12.1 Å². The predicted octanol–water partition coefficient (Wildman–Crippen LogP) is 2.48. The number of hydrogen-bond acceptors (Lipinski definition) is 4. The molecule has 0 amide bonds. The normalized spacial score (nSPS) is 16.6. The molecule has 4 heteroatoms. The highest BCUT2D eigenvalue weighted by Crippen LogP contribution is 2.51. The number of hydrogen-bond donors (Lipinski definition) is 1. The molecule has 1 aromatic rings. The summed E-state index contributed by atoms with van der Waals surface area (Å²) >= 11 is 0. The van der Waals surface area contributed by atoms with Crippen LogP contribution in [-0.4, -0.2) is 27.4 Å². The van der Waals surface area contributed by atoms with E-state index in [-0.39, 0.29) is 5.41 Å². The molecule has 0 bridgehead atoms. The van der Waals surface area contributed by atoms with Gasteiger partial charge in [0.1, 0.15) is 0 Å². The first-order valence-corrected chi connectivity index (χ1v) is 6.80. The predicted molar refractivity (Wildman–Crippen MR) is 75.3 cm³/mol. The van der Waals surface area contributed by atoms with Gasteiger partial charge in [0.2, 0.25) is 5.75 Å². The fourth-order valence-corrected chi connectivity index (χ4v) is 2.79. The molecular weight excluding hydrogens is 242 g/mol. The van der Waals surface area contributed by atoms with E-state index in [1.807, 2.05) is 13.0 Å². The Hall–Kier alpha value is -1.42. The van der Waals surface area contributed by atoms with Crippen molar-refractivity contribution in [3.8, 4) is 17.2 Å². The monoisotopic (exact) mass is 265 g/mol. The van der Waals surface area contributed by atoms with Crippen LogP contribution in [0, 0.1) is 0 Å². The lowest BCUT2D eigenvalue weighted by molar-refractivity contribution is 0.230. The lowest BCUT2D eigenvalue weighted by Gasteiger charge is -2.42. The molecule has 106 valence electrons. The second-order valence-corrected chi connectivity index (χ2v) is 4.95. The van der Waals surface area contributed by atoms with Crippen molar-refractivity contribution in [2.45, 2.75) is 31.6 Å². The number of rotatable bonds is 6. The fraction of sp³-hybridized carbons (Fsp3) is 0.600. The van der Waals surface area contributed by atoms with Gasteiger partial charge in [-0.15, -0.1) is 0 Å². The molecule has 1 fully saturated rings. The van der Waals surface area contributed by atoms with Crippen LogP contribution in [-0.2, 0) is 5.41 Å². The van der Waals surface area contributed by atoms with E-state index in [0.29, 0.717) is 24.7 Å². The maximum absolute atomic E-state index is 6.00. The highest BCUT2D eigenvalue weighted by atomic mass is 16.5. The van der Waals surface area contributed by atoms with Crippen LogP contribution >= 0.6 is 0 Å². The van der Waals surface area contributed by atoms with Gasteiger partial charge in [-0.2, -0.15) is 0 Å². The molecule has 0 aliphatic heterocycles. The Morgan fingerprint density at radius 3 is 2.32 bits per heavy atom. The molecule has 1 saturated carbocycles. The third kappa shape index (κ3) is 2.25. The smallest absolute Gasteiger partial charge is 0.203 e. The number of ether oxygens (including phenoxy) is 3. The molecule has 0 aromatic heterocycles. The Morgan fingerprint density at radius 2 is 1.89 bits per heavy atom. The van der Waals surface area contributed by atoms with Gasteiger partial charge >= 0.3 is 0 Å². The first-order valence-electron chi connectivity index (χ1n) is 6.80. The van der Waals surface area contributed by atoms with E-state index in [4.69, 9.17) is 19.9 Å². The van der Waals surface area contributed by atoms with E-state index < -0.39 is 0 Å².